The number of anilines is 1. The molecule has 0 unspecified atom stereocenters. The van der Waals surface area contributed by atoms with Crippen molar-refractivity contribution in [2.24, 2.45) is 0 Å². The minimum absolute atomic E-state index is 0.491. The van der Waals surface area contributed by atoms with Crippen LogP contribution in [0.1, 0.15) is 6.92 Å². The van der Waals surface area contributed by atoms with Gasteiger partial charge in [-0.1, -0.05) is 12.1 Å². The monoisotopic (exact) mass is 287 g/mol. The van der Waals surface area contributed by atoms with Crippen molar-refractivity contribution in [1.82, 2.24) is 0 Å². The predicted octanol–water partition coefficient (Wildman–Crippen LogP) is 3.23. The van der Waals surface area contributed by atoms with Gasteiger partial charge in [-0.25, -0.2) is 0 Å². The fourth-order valence-corrected chi connectivity index (χ4v) is 2.10. The van der Waals surface area contributed by atoms with Gasteiger partial charge < -0.3 is 24.7 Å². The van der Waals surface area contributed by atoms with E-state index in [1.54, 1.807) is 12.1 Å². The van der Waals surface area contributed by atoms with Crippen LogP contribution in [0.25, 0.3) is 0 Å². The zero-order chi connectivity index (χ0) is 14.7. The summed E-state index contributed by atoms with van der Waals surface area (Å²) < 4.78 is 22.4. The van der Waals surface area contributed by atoms with Gasteiger partial charge in [-0.3, -0.25) is 0 Å². The number of ether oxygens (including phenoxy) is 4. The van der Waals surface area contributed by atoms with Gasteiger partial charge >= 0.3 is 0 Å². The summed E-state index contributed by atoms with van der Waals surface area (Å²) in [4.78, 5) is 0. The smallest absolute Gasteiger partial charge is 0.169 e. The van der Waals surface area contributed by atoms with Crippen LogP contribution in [0.4, 0.5) is 5.69 Å². The van der Waals surface area contributed by atoms with Crippen molar-refractivity contribution in [3.63, 3.8) is 0 Å². The van der Waals surface area contributed by atoms with Crippen molar-refractivity contribution < 1.29 is 18.9 Å². The van der Waals surface area contributed by atoms with Crippen LogP contribution in [0.5, 0.6) is 28.7 Å². The van der Waals surface area contributed by atoms with Crippen LogP contribution in [-0.2, 0) is 0 Å². The number of nitrogen functional groups attached to an aromatic ring is 1. The molecule has 2 aromatic carbocycles. The van der Waals surface area contributed by atoms with E-state index in [9.17, 15) is 0 Å². The number of nitrogens with two attached hydrogens (primary N) is 1. The van der Waals surface area contributed by atoms with Crippen LogP contribution < -0.4 is 24.7 Å². The summed E-state index contributed by atoms with van der Waals surface area (Å²) in [5.74, 6) is 3.09. The van der Waals surface area contributed by atoms with Gasteiger partial charge in [-0.2, -0.15) is 0 Å². The lowest BCUT2D eigenvalue weighted by molar-refractivity contribution is 0.171. The highest BCUT2D eigenvalue weighted by atomic mass is 16.6. The molecule has 0 spiro atoms. The summed E-state index contributed by atoms with van der Waals surface area (Å²) in [6.07, 6.45) is 0. The Morgan fingerprint density at radius 2 is 1.67 bits per heavy atom. The fourth-order valence-electron chi connectivity index (χ4n) is 2.10. The summed E-state index contributed by atoms with van der Waals surface area (Å²) in [6, 6.07) is 10.9. The molecule has 2 aromatic rings. The first-order valence-corrected chi connectivity index (χ1v) is 6.86. The Labute approximate surface area is 123 Å². The molecular weight excluding hydrogens is 270 g/mol. The summed E-state index contributed by atoms with van der Waals surface area (Å²) >= 11 is 0. The molecule has 1 aliphatic heterocycles. The Kier molecular flexibility index (Phi) is 3.73. The van der Waals surface area contributed by atoms with Crippen LogP contribution >= 0.6 is 0 Å². The molecule has 0 saturated carbocycles. The first-order chi connectivity index (χ1) is 10.3. The van der Waals surface area contributed by atoms with E-state index in [4.69, 9.17) is 24.7 Å². The van der Waals surface area contributed by atoms with Crippen LogP contribution in [0, 0.1) is 0 Å². The Balaban J connectivity index is 1.91. The molecule has 0 atom stereocenters. The van der Waals surface area contributed by atoms with Crippen LogP contribution in [-0.4, -0.2) is 19.8 Å². The molecule has 0 aliphatic carbocycles. The van der Waals surface area contributed by atoms with Gasteiger partial charge in [-0.15, -0.1) is 0 Å². The molecule has 5 heteroatoms. The topological polar surface area (TPSA) is 62.9 Å². The van der Waals surface area contributed by atoms with E-state index in [0.29, 0.717) is 54.3 Å². The molecule has 0 radical (unpaired) electrons. The molecule has 0 fully saturated rings. The SMILES string of the molecule is CCOc1ccccc1Oc1cc2c(cc1N)OCCO2. The van der Waals surface area contributed by atoms with Gasteiger partial charge in [-0.05, 0) is 19.1 Å². The van der Waals surface area contributed by atoms with Crippen molar-refractivity contribution >= 4 is 5.69 Å². The normalized spacial score (nSPS) is 12.8. The first kappa shape index (κ1) is 13.4. The minimum atomic E-state index is 0.491. The largest absolute Gasteiger partial charge is 0.490 e. The van der Waals surface area contributed by atoms with Gasteiger partial charge in [0, 0.05) is 12.1 Å². The minimum Gasteiger partial charge on any atom is -0.490 e. The first-order valence-electron chi connectivity index (χ1n) is 6.86. The molecule has 0 aromatic heterocycles. The van der Waals surface area contributed by atoms with E-state index in [0.717, 1.165) is 0 Å². The van der Waals surface area contributed by atoms with E-state index in [1.165, 1.54) is 0 Å². The molecular formula is C16H17NO4. The highest BCUT2D eigenvalue weighted by Crippen LogP contribution is 2.41. The zero-order valence-corrected chi connectivity index (χ0v) is 11.8. The second-order valence-electron chi connectivity index (χ2n) is 4.52. The van der Waals surface area contributed by atoms with Crippen LogP contribution in [0.15, 0.2) is 36.4 Å². The van der Waals surface area contributed by atoms with Gasteiger partial charge in [0.2, 0.25) is 0 Å². The standard InChI is InChI=1S/C16H17NO4/c1-2-18-12-5-3-4-6-13(12)21-14-10-16-15(9-11(14)17)19-7-8-20-16/h3-6,9-10H,2,7-8,17H2,1H3. The third kappa shape index (κ3) is 2.81. The number of para-hydroxylation sites is 2. The highest BCUT2D eigenvalue weighted by Gasteiger charge is 2.16. The van der Waals surface area contributed by atoms with E-state index >= 15 is 0 Å². The predicted molar refractivity (Wildman–Crippen MR) is 79.5 cm³/mol. The zero-order valence-electron chi connectivity index (χ0n) is 11.8. The molecule has 1 aliphatic rings. The van der Waals surface area contributed by atoms with Crippen LogP contribution in [0.2, 0.25) is 0 Å². The summed E-state index contributed by atoms with van der Waals surface area (Å²) in [5.41, 5.74) is 6.51. The van der Waals surface area contributed by atoms with Gasteiger partial charge in [0.15, 0.2) is 28.7 Å². The number of benzene rings is 2. The van der Waals surface area contributed by atoms with E-state index in [2.05, 4.69) is 0 Å². The maximum absolute atomic E-state index is 6.02. The third-order valence-electron chi connectivity index (χ3n) is 3.04. The maximum atomic E-state index is 6.02. The lowest BCUT2D eigenvalue weighted by atomic mass is 10.2. The lowest BCUT2D eigenvalue weighted by Gasteiger charge is -2.20. The molecule has 5 nitrogen and oxygen atoms in total. The maximum Gasteiger partial charge on any atom is 0.169 e. The number of rotatable bonds is 4. The second kappa shape index (κ2) is 5.83. The van der Waals surface area contributed by atoms with E-state index < -0.39 is 0 Å². The number of fused-ring (bicyclic) bond motifs is 1. The molecule has 3 rings (SSSR count). The molecule has 0 saturated heterocycles. The Hall–Kier alpha value is -2.56. The van der Waals surface area contributed by atoms with Crippen LogP contribution in [0.3, 0.4) is 0 Å². The molecule has 2 N–H and O–H groups in total. The molecule has 21 heavy (non-hydrogen) atoms. The molecule has 0 amide bonds. The van der Waals surface area contributed by atoms with E-state index in [1.807, 2.05) is 31.2 Å². The Morgan fingerprint density at radius 1 is 1.00 bits per heavy atom. The van der Waals surface area contributed by atoms with Crippen molar-refractivity contribution in [3.8, 4) is 28.7 Å². The quantitative estimate of drug-likeness (QED) is 0.875. The lowest BCUT2D eigenvalue weighted by Crippen LogP contribution is -2.15. The Morgan fingerprint density at radius 3 is 2.38 bits per heavy atom. The van der Waals surface area contributed by atoms with Gasteiger partial charge in [0.1, 0.15) is 13.2 Å². The molecule has 110 valence electrons. The van der Waals surface area contributed by atoms with Crippen molar-refractivity contribution in [2.75, 3.05) is 25.6 Å². The van der Waals surface area contributed by atoms with E-state index in [-0.39, 0.29) is 0 Å². The highest BCUT2D eigenvalue weighted by molar-refractivity contribution is 5.63. The van der Waals surface area contributed by atoms with Crippen molar-refractivity contribution in [1.29, 1.82) is 0 Å². The van der Waals surface area contributed by atoms with Gasteiger partial charge in [0.25, 0.3) is 0 Å². The second-order valence-corrected chi connectivity index (χ2v) is 4.52. The van der Waals surface area contributed by atoms with Crippen molar-refractivity contribution in [2.45, 2.75) is 6.92 Å². The van der Waals surface area contributed by atoms with Gasteiger partial charge in [0.05, 0.1) is 12.3 Å². The summed E-state index contributed by atoms with van der Waals surface area (Å²) in [5, 5.41) is 0. The molecule has 0 bridgehead atoms. The number of hydrogen-bond acceptors (Lipinski definition) is 5. The summed E-state index contributed by atoms with van der Waals surface area (Å²) in [7, 11) is 0. The third-order valence-corrected chi connectivity index (χ3v) is 3.04. The number of hydrogen-bond donors (Lipinski definition) is 1. The fraction of sp³-hybridized carbons (Fsp3) is 0.250. The average Bonchev–Trinajstić information content (AvgIpc) is 2.50. The summed E-state index contributed by atoms with van der Waals surface area (Å²) in [6.45, 7) is 3.54. The van der Waals surface area contributed by atoms with Crippen molar-refractivity contribution in [3.05, 3.63) is 36.4 Å². The average molecular weight is 287 g/mol. The molecule has 1 heterocycles. The Bertz CT molecular complexity index is 642.